The Morgan fingerprint density at radius 1 is 1.47 bits per heavy atom. The van der Waals surface area contributed by atoms with Crippen LogP contribution in [0.1, 0.15) is 25.6 Å². The Balaban J connectivity index is 0.00000196. The van der Waals surface area contributed by atoms with Crippen LogP contribution < -0.4 is 5.73 Å². The molecule has 1 aromatic rings. The number of hydrogen-bond donors (Lipinski definition) is 1. The fraction of sp³-hybridized carbons (Fsp3) is 0.636. The molecule has 0 saturated heterocycles. The molecule has 0 amide bonds. The number of halogens is 1. The number of nitrogens with zero attached hydrogens (tertiary/aromatic N) is 1. The van der Waals surface area contributed by atoms with Gasteiger partial charge in [0.25, 0.3) is 0 Å². The molecule has 0 atom stereocenters. The molecule has 1 heterocycles. The second-order valence-electron chi connectivity index (χ2n) is 4.37. The van der Waals surface area contributed by atoms with Crippen molar-refractivity contribution >= 4 is 23.7 Å². The van der Waals surface area contributed by atoms with Crippen LogP contribution in [0.25, 0.3) is 0 Å². The Morgan fingerprint density at radius 3 is 2.53 bits per heavy atom. The van der Waals surface area contributed by atoms with Crippen LogP contribution in [0.5, 0.6) is 0 Å². The highest BCUT2D eigenvalue weighted by Crippen LogP contribution is 2.13. The van der Waals surface area contributed by atoms with Gasteiger partial charge in [0.05, 0.1) is 0 Å². The molecule has 0 saturated carbocycles. The van der Waals surface area contributed by atoms with Crippen molar-refractivity contribution in [2.24, 2.45) is 5.73 Å². The van der Waals surface area contributed by atoms with Crippen molar-refractivity contribution in [2.45, 2.75) is 32.9 Å². The molecule has 0 radical (unpaired) electrons. The maximum atomic E-state index is 6.00. The fourth-order valence-electron chi connectivity index (χ4n) is 1.48. The van der Waals surface area contributed by atoms with Gasteiger partial charge < -0.3 is 5.73 Å². The van der Waals surface area contributed by atoms with E-state index in [1.807, 2.05) is 11.3 Å². The Bertz CT molecular complexity index is 254. The highest BCUT2D eigenvalue weighted by Gasteiger charge is 2.15. The Morgan fingerprint density at radius 2 is 2.13 bits per heavy atom. The van der Waals surface area contributed by atoms with Crippen LogP contribution in [-0.4, -0.2) is 23.5 Å². The number of rotatable bonds is 5. The van der Waals surface area contributed by atoms with E-state index < -0.39 is 0 Å². The lowest BCUT2D eigenvalue weighted by atomic mass is 10.1. The first kappa shape index (κ1) is 14.9. The quantitative estimate of drug-likeness (QED) is 0.868. The summed E-state index contributed by atoms with van der Waals surface area (Å²) in [7, 11) is 0. The van der Waals surface area contributed by atoms with Gasteiger partial charge in [-0.2, -0.15) is 0 Å². The molecule has 4 heteroatoms. The van der Waals surface area contributed by atoms with Crippen LogP contribution in [0.4, 0.5) is 0 Å². The van der Waals surface area contributed by atoms with E-state index in [1.165, 1.54) is 4.88 Å². The van der Waals surface area contributed by atoms with Gasteiger partial charge in [-0.05, 0) is 31.8 Å². The summed E-state index contributed by atoms with van der Waals surface area (Å²) in [6.45, 7) is 9.35. The summed E-state index contributed by atoms with van der Waals surface area (Å²) in [5.74, 6) is 0. The largest absolute Gasteiger partial charge is 0.324 e. The lowest BCUT2D eigenvalue weighted by molar-refractivity contribution is 0.230. The topological polar surface area (TPSA) is 29.3 Å². The molecule has 0 aromatic carbocycles. The van der Waals surface area contributed by atoms with Gasteiger partial charge in [-0.3, -0.25) is 4.90 Å². The average Bonchev–Trinajstić information content (AvgIpc) is 2.53. The summed E-state index contributed by atoms with van der Waals surface area (Å²) in [6.07, 6.45) is 0. The third-order valence-electron chi connectivity index (χ3n) is 2.04. The minimum absolute atomic E-state index is 0. The predicted molar refractivity (Wildman–Crippen MR) is 70.8 cm³/mol. The molecule has 0 aliphatic heterocycles. The molecule has 0 aliphatic carbocycles. The van der Waals surface area contributed by atoms with Crippen molar-refractivity contribution in [3.8, 4) is 0 Å². The van der Waals surface area contributed by atoms with E-state index in [2.05, 4.69) is 43.2 Å². The van der Waals surface area contributed by atoms with Crippen LogP contribution >= 0.6 is 23.7 Å². The van der Waals surface area contributed by atoms with Crippen molar-refractivity contribution in [1.29, 1.82) is 0 Å². The van der Waals surface area contributed by atoms with E-state index in [0.717, 1.165) is 19.6 Å². The Hall–Kier alpha value is -0.0900. The SMILES string of the molecule is CCN(Cc1cccs1)CC(C)(C)N.Cl. The van der Waals surface area contributed by atoms with Crippen molar-refractivity contribution in [2.75, 3.05) is 13.1 Å². The van der Waals surface area contributed by atoms with Crippen LogP contribution in [0, 0.1) is 0 Å². The van der Waals surface area contributed by atoms with Crippen molar-refractivity contribution in [3.05, 3.63) is 22.4 Å². The predicted octanol–water partition coefficient (Wildman–Crippen LogP) is 2.73. The summed E-state index contributed by atoms with van der Waals surface area (Å²) in [5, 5.41) is 2.12. The smallest absolute Gasteiger partial charge is 0.0328 e. The minimum Gasteiger partial charge on any atom is -0.324 e. The number of thiophene rings is 1. The summed E-state index contributed by atoms with van der Waals surface area (Å²) in [5.41, 5.74) is 5.90. The first-order valence-corrected chi connectivity index (χ1v) is 5.93. The normalized spacial score (nSPS) is 11.5. The molecular formula is C11H21ClN2S. The van der Waals surface area contributed by atoms with Crippen molar-refractivity contribution < 1.29 is 0 Å². The van der Waals surface area contributed by atoms with Crippen LogP contribution in [0.3, 0.4) is 0 Å². The lowest BCUT2D eigenvalue weighted by Crippen LogP contribution is -2.44. The van der Waals surface area contributed by atoms with E-state index in [1.54, 1.807) is 0 Å². The number of hydrogen-bond acceptors (Lipinski definition) is 3. The van der Waals surface area contributed by atoms with Gasteiger partial charge in [-0.25, -0.2) is 0 Å². The molecule has 0 fully saturated rings. The molecule has 1 aromatic heterocycles. The molecule has 0 aliphatic rings. The van der Waals surface area contributed by atoms with E-state index in [-0.39, 0.29) is 17.9 Å². The number of likely N-dealkylation sites (N-methyl/N-ethyl adjacent to an activating group) is 1. The van der Waals surface area contributed by atoms with Gasteiger partial charge in [0.15, 0.2) is 0 Å². The molecule has 0 bridgehead atoms. The highest BCUT2D eigenvalue weighted by molar-refractivity contribution is 7.09. The first-order valence-electron chi connectivity index (χ1n) is 5.05. The monoisotopic (exact) mass is 248 g/mol. The van der Waals surface area contributed by atoms with Crippen LogP contribution in [-0.2, 0) is 6.54 Å². The van der Waals surface area contributed by atoms with Crippen LogP contribution in [0.15, 0.2) is 17.5 Å². The van der Waals surface area contributed by atoms with Gasteiger partial charge in [0.1, 0.15) is 0 Å². The maximum Gasteiger partial charge on any atom is 0.0328 e. The molecule has 88 valence electrons. The maximum absolute atomic E-state index is 6.00. The van der Waals surface area contributed by atoms with E-state index in [4.69, 9.17) is 5.73 Å². The molecule has 2 N–H and O–H groups in total. The van der Waals surface area contributed by atoms with E-state index in [0.29, 0.717) is 0 Å². The molecule has 0 unspecified atom stereocenters. The molecule has 15 heavy (non-hydrogen) atoms. The molecule has 0 spiro atoms. The van der Waals surface area contributed by atoms with E-state index >= 15 is 0 Å². The standard InChI is InChI=1S/C11H20N2S.ClH/c1-4-13(9-11(2,3)12)8-10-6-5-7-14-10;/h5-7H,4,8-9,12H2,1-3H3;1H. The van der Waals surface area contributed by atoms with Crippen LogP contribution in [0.2, 0.25) is 0 Å². The molecule has 2 nitrogen and oxygen atoms in total. The summed E-state index contributed by atoms with van der Waals surface area (Å²) in [4.78, 5) is 3.79. The van der Waals surface area contributed by atoms with Gasteiger partial charge in [0, 0.05) is 23.5 Å². The Kier molecular flexibility index (Phi) is 6.44. The summed E-state index contributed by atoms with van der Waals surface area (Å²) < 4.78 is 0. The minimum atomic E-state index is -0.104. The molecular weight excluding hydrogens is 228 g/mol. The summed E-state index contributed by atoms with van der Waals surface area (Å²) >= 11 is 1.81. The second kappa shape index (κ2) is 6.48. The zero-order valence-corrected chi connectivity index (χ0v) is 11.3. The van der Waals surface area contributed by atoms with E-state index in [9.17, 15) is 0 Å². The Labute approximate surface area is 103 Å². The van der Waals surface area contributed by atoms with Gasteiger partial charge in [0.2, 0.25) is 0 Å². The zero-order valence-electron chi connectivity index (χ0n) is 9.69. The second-order valence-corrected chi connectivity index (χ2v) is 5.40. The van der Waals surface area contributed by atoms with Gasteiger partial charge in [-0.15, -0.1) is 23.7 Å². The summed E-state index contributed by atoms with van der Waals surface area (Å²) in [6, 6.07) is 4.28. The van der Waals surface area contributed by atoms with Gasteiger partial charge >= 0.3 is 0 Å². The highest BCUT2D eigenvalue weighted by atomic mass is 35.5. The zero-order chi connectivity index (χ0) is 10.6. The van der Waals surface area contributed by atoms with Gasteiger partial charge in [-0.1, -0.05) is 13.0 Å². The third kappa shape index (κ3) is 6.15. The first-order chi connectivity index (χ1) is 6.51. The lowest BCUT2D eigenvalue weighted by Gasteiger charge is -2.28. The van der Waals surface area contributed by atoms with Crippen molar-refractivity contribution in [3.63, 3.8) is 0 Å². The fourth-order valence-corrected chi connectivity index (χ4v) is 2.22. The third-order valence-corrected chi connectivity index (χ3v) is 2.90. The van der Waals surface area contributed by atoms with Crippen molar-refractivity contribution in [1.82, 2.24) is 4.90 Å². The number of nitrogens with two attached hydrogens (primary N) is 1. The molecule has 1 rings (SSSR count). The average molecular weight is 249 g/mol.